The molecular weight excluding hydrogens is 230 g/mol. The minimum atomic E-state index is -0.971. The van der Waals surface area contributed by atoms with Gasteiger partial charge in [-0.3, -0.25) is 0 Å². The van der Waals surface area contributed by atoms with Crippen molar-refractivity contribution < 1.29 is 4.55 Å². The number of nitrogens with one attached hydrogen (secondary N) is 1. The molecule has 1 fully saturated rings. The summed E-state index contributed by atoms with van der Waals surface area (Å²) in [7, 11) is 0. The summed E-state index contributed by atoms with van der Waals surface area (Å²) in [6, 6.07) is 0. The van der Waals surface area contributed by atoms with Crippen LogP contribution in [0.4, 0.5) is 0 Å². The summed E-state index contributed by atoms with van der Waals surface area (Å²) in [5.74, 6) is 0. The van der Waals surface area contributed by atoms with E-state index in [0.717, 1.165) is 12.8 Å². The van der Waals surface area contributed by atoms with Gasteiger partial charge in [0.15, 0.2) is 0 Å². The van der Waals surface area contributed by atoms with E-state index in [9.17, 15) is 4.55 Å². The predicted octanol–water partition coefficient (Wildman–Crippen LogP) is 3.79. The maximum Gasteiger partial charge on any atom is 0.136 e. The van der Waals surface area contributed by atoms with Crippen LogP contribution in [0, 0.1) is 5.41 Å². The van der Waals surface area contributed by atoms with Gasteiger partial charge in [-0.15, -0.1) is 4.72 Å². The third-order valence-electron chi connectivity index (χ3n) is 3.99. The molecule has 1 aliphatic carbocycles. The molecule has 0 saturated heterocycles. The van der Waals surface area contributed by atoms with Crippen LogP contribution in [-0.2, 0) is 11.4 Å². The van der Waals surface area contributed by atoms with E-state index >= 15 is 0 Å². The predicted molar refractivity (Wildman–Crippen MR) is 76.3 cm³/mol. The lowest BCUT2D eigenvalue weighted by Crippen LogP contribution is -2.60. The Morgan fingerprint density at radius 3 is 1.76 bits per heavy atom. The second kappa shape index (κ2) is 5.10. The topological polar surface area (TPSA) is 35.1 Å². The molecule has 1 saturated carbocycles. The SMILES string of the molecule is CC(C)(C)[S@@+]([O-])NC1(C(C)(C)C)CCCCC1. The van der Waals surface area contributed by atoms with Crippen molar-refractivity contribution in [3.8, 4) is 0 Å². The second-order valence-corrected chi connectivity index (χ2v) is 9.34. The maximum atomic E-state index is 12.4. The molecular formula is C14H29NOS. The van der Waals surface area contributed by atoms with Gasteiger partial charge in [-0.2, -0.15) is 0 Å². The van der Waals surface area contributed by atoms with Crippen molar-refractivity contribution in [3.05, 3.63) is 0 Å². The first-order chi connectivity index (χ1) is 7.58. The molecule has 0 amide bonds. The van der Waals surface area contributed by atoms with Crippen LogP contribution in [0.5, 0.6) is 0 Å². The zero-order chi connectivity index (χ0) is 13.3. The van der Waals surface area contributed by atoms with Crippen LogP contribution in [0.25, 0.3) is 0 Å². The Morgan fingerprint density at radius 1 is 0.941 bits per heavy atom. The molecule has 2 nitrogen and oxygen atoms in total. The van der Waals surface area contributed by atoms with E-state index in [1.807, 2.05) is 20.8 Å². The quantitative estimate of drug-likeness (QED) is 0.766. The average molecular weight is 259 g/mol. The summed E-state index contributed by atoms with van der Waals surface area (Å²) in [5, 5.41) is 0. The summed E-state index contributed by atoms with van der Waals surface area (Å²) >= 11 is -0.971. The molecule has 17 heavy (non-hydrogen) atoms. The Morgan fingerprint density at radius 2 is 1.41 bits per heavy atom. The van der Waals surface area contributed by atoms with Crippen LogP contribution in [0.1, 0.15) is 73.6 Å². The highest BCUT2D eigenvalue weighted by Gasteiger charge is 2.47. The first-order valence-corrected chi connectivity index (χ1v) is 7.93. The second-order valence-electron chi connectivity index (χ2n) is 7.38. The Labute approximate surface area is 110 Å². The smallest absolute Gasteiger partial charge is 0.136 e. The number of hydrogen-bond donors (Lipinski definition) is 1. The van der Waals surface area contributed by atoms with Crippen LogP contribution in [0.15, 0.2) is 0 Å². The summed E-state index contributed by atoms with van der Waals surface area (Å²) < 4.78 is 15.7. The third kappa shape index (κ3) is 3.62. The van der Waals surface area contributed by atoms with Gasteiger partial charge in [-0.25, -0.2) is 0 Å². The van der Waals surface area contributed by atoms with E-state index < -0.39 is 11.4 Å². The molecule has 0 spiro atoms. The molecule has 1 aliphatic rings. The highest BCUT2D eigenvalue weighted by molar-refractivity contribution is 7.90. The van der Waals surface area contributed by atoms with E-state index in [1.54, 1.807) is 0 Å². The molecule has 0 radical (unpaired) electrons. The fourth-order valence-electron chi connectivity index (χ4n) is 2.49. The van der Waals surface area contributed by atoms with Crippen LogP contribution in [-0.4, -0.2) is 14.8 Å². The third-order valence-corrected chi connectivity index (χ3v) is 5.68. The minimum Gasteiger partial charge on any atom is -0.598 e. The van der Waals surface area contributed by atoms with Gasteiger partial charge in [-0.1, -0.05) is 40.0 Å². The Hall–Kier alpha value is 0.270. The standard InChI is InChI=1S/C14H29NOS/c1-12(2,3)14(10-8-7-9-11-14)15-17(16)13(4,5)6/h15H,7-11H2,1-6H3/t17-/m1/s1. The summed E-state index contributed by atoms with van der Waals surface area (Å²) in [6.45, 7) is 12.9. The lowest BCUT2D eigenvalue weighted by molar-refractivity contribution is 0.113. The monoisotopic (exact) mass is 259 g/mol. The normalized spacial score (nSPS) is 23.5. The zero-order valence-corrected chi connectivity index (χ0v) is 13.2. The maximum absolute atomic E-state index is 12.4. The van der Waals surface area contributed by atoms with Crippen molar-refractivity contribution in [3.63, 3.8) is 0 Å². The molecule has 0 unspecified atom stereocenters. The molecule has 0 aromatic carbocycles. The Bertz CT molecular complexity index is 246. The van der Waals surface area contributed by atoms with Crippen molar-refractivity contribution in [2.24, 2.45) is 5.41 Å². The number of rotatable bonds is 2. The highest BCUT2D eigenvalue weighted by atomic mass is 32.2. The molecule has 0 bridgehead atoms. The molecule has 0 aromatic rings. The molecule has 1 N–H and O–H groups in total. The van der Waals surface area contributed by atoms with E-state index in [1.165, 1.54) is 19.3 Å². The summed E-state index contributed by atoms with van der Waals surface area (Å²) in [5.41, 5.74) is 0.206. The van der Waals surface area contributed by atoms with Crippen molar-refractivity contribution >= 4 is 11.4 Å². The molecule has 3 heteroatoms. The molecule has 1 rings (SSSR count). The fourth-order valence-corrected chi connectivity index (χ4v) is 3.66. The first-order valence-electron chi connectivity index (χ1n) is 6.78. The lowest BCUT2D eigenvalue weighted by Gasteiger charge is -2.48. The van der Waals surface area contributed by atoms with Crippen LogP contribution in [0.3, 0.4) is 0 Å². The zero-order valence-electron chi connectivity index (χ0n) is 12.4. The highest BCUT2D eigenvalue weighted by Crippen LogP contribution is 2.43. The number of hydrogen-bond acceptors (Lipinski definition) is 2. The average Bonchev–Trinajstić information content (AvgIpc) is 2.16. The first kappa shape index (κ1) is 15.3. The lowest BCUT2D eigenvalue weighted by atomic mass is 9.66. The molecule has 0 aliphatic heterocycles. The van der Waals surface area contributed by atoms with Crippen molar-refractivity contribution in [1.82, 2.24) is 4.72 Å². The molecule has 0 heterocycles. The van der Waals surface area contributed by atoms with Crippen LogP contribution < -0.4 is 4.72 Å². The fraction of sp³-hybridized carbons (Fsp3) is 1.00. The van der Waals surface area contributed by atoms with E-state index in [0.29, 0.717) is 0 Å². The van der Waals surface area contributed by atoms with Crippen LogP contribution >= 0.6 is 0 Å². The van der Waals surface area contributed by atoms with Gasteiger partial charge in [-0.05, 0) is 39.0 Å². The molecule has 1 atom stereocenters. The minimum absolute atomic E-state index is 0.0450. The Balaban J connectivity index is 2.85. The molecule has 102 valence electrons. The van der Waals surface area contributed by atoms with E-state index in [2.05, 4.69) is 25.5 Å². The van der Waals surface area contributed by atoms with Gasteiger partial charge in [0.25, 0.3) is 0 Å². The summed E-state index contributed by atoms with van der Waals surface area (Å²) in [4.78, 5) is 0. The largest absolute Gasteiger partial charge is 0.598 e. The van der Waals surface area contributed by atoms with Gasteiger partial charge in [0.2, 0.25) is 0 Å². The van der Waals surface area contributed by atoms with Gasteiger partial charge >= 0.3 is 0 Å². The van der Waals surface area contributed by atoms with Crippen molar-refractivity contribution in [2.45, 2.75) is 83.9 Å². The van der Waals surface area contributed by atoms with Crippen LogP contribution in [0.2, 0.25) is 0 Å². The van der Waals surface area contributed by atoms with Gasteiger partial charge in [0.1, 0.15) is 4.75 Å². The van der Waals surface area contributed by atoms with E-state index in [-0.39, 0.29) is 15.7 Å². The summed E-state index contributed by atoms with van der Waals surface area (Å²) in [6.07, 6.45) is 6.13. The van der Waals surface area contributed by atoms with Crippen molar-refractivity contribution in [2.75, 3.05) is 0 Å². The van der Waals surface area contributed by atoms with Gasteiger partial charge in [0, 0.05) is 11.4 Å². The Kier molecular flexibility index (Phi) is 4.60. The molecule has 0 aromatic heterocycles. The van der Waals surface area contributed by atoms with Gasteiger partial charge in [0.05, 0.1) is 5.54 Å². The van der Waals surface area contributed by atoms with E-state index in [4.69, 9.17) is 0 Å². The van der Waals surface area contributed by atoms with Gasteiger partial charge < -0.3 is 4.55 Å². The van der Waals surface area contributed by atoms with Crippen molar-refractivity contribution in [1.29, 1.82) is 0 Å².